The van der Waals surface area contributed by atoms with Gasteiger partial charge in [0.2, 0.25) is 17.6 Å². The second kappa shape index (κ2) is 6.93. The number of methoxy groups -OCH3 is 1. The predicted octanol–water partition coefficient (Wildman–Crippen LogP) is 3.39. The normalized spacial score (nSPS) is 16.9. The zero-order valence-electron chi connectivity index (χ0n) is 14.9. The second-order valence-corrected chi connectivity index (χ2v) is 6.62. The molecule has 0 spiro atoms. The van der Waals surface area contributed by atoms with Crippen LogP contribution in [0, 0.1) is 5.92 Å². The number of carbonyl (C=O) groups is 1. The fourth-order valence-corrected chi connectivity index (χ4v) is 3.40. The Kier molecular flexibility index (Phi) is 4.58. The number of halogens is 3. The van der Waals surface area contributed by atoms with Crippen LogP contribution >= 0.6 is 0 Å². The molecule has 3 aromatic rings. The van der Waals surface area contributed by atoms with E-state index in [1.54, 1.807) is 18.2 Å². The molecule has 4 rings (SSSR count). The first-order valence-electron chi connectivity index (χ1n) is 8.66. The average Bonchev–Trinajstić information content (AvgIpc) is 3.24. The quantitative estimate of drug-likeness (QED) is 0.734. The van der Waals surface area contributed by atoms with Crippen LogP contribution in [0.3, 0.4) is 0 Å². The standard InChI is InChI=1S/C18H17F3N4O3/c1-27-9-15-24-13-7-11(2-3-14(13)28-15)23-16(26)10-4-5-25-12(6-10)8-22-17(25)18(19,20)21/h2-3,7-8,10H,4-6,9H2,1H3,(H,23,26)/t10-/m1/s1. The molecule has 1 amide bonds. The van der Waals surface area contributed by atoms with Crippen LogP contribution in [0.5, 0.6) is 0 Å². The summed E-state index contributed by atoms with van der Waals surface area (Å²) in [5.41, 5.74) is 2.12. The van der Waals surface area contributed by atoms with Gasteiger partial charge in [0, 0.05) is 43.6 Å². The molecule has 1 atom stereocenters. The van der Waals surface area contributed by atoms with Gasteiger partial charge >= 0.3 is 6.18 Å². The molecule has 7 nitrogen and oxygen atoms in total. The average molecular weight is 394 g/mol. The molecule has 0 bridgehead atoms. The largest absolute Gasteiger partial charge is 0.449 e. The summed E-state index contributed by atoms with van der Waals surface area (Å²) in [7, 11) is 1.54. The highest BCUT2D eigenvalue weighted by atomic mass is 19.4. The lowest BCUT2D eigenvalue weighted by Crippen LogP contribution is -2.31. The smallest absolute Gasteiger partial charge is 0.438 e. The van der Waals surface area contributed by atoms with Gasteiger partial charge in [0.25, 0.3) is 0 Å². The van der Waals surface area contributed by atoms with Crippen LogP contribution in [-0.2, 0) is 35.3 Å². The highest BCUT2D eigenvalue weighted by molar-refractivity contribution is 5.94. The molecule has 28 heavy (non-hydrogen) atoms. The number of aromatic nitrogens is 3. The van der Waals surface area contributed by atoms with Crippen LogP contribution in [0.15, 0.2) is 28.8 Å². The topological polar surface area (TPSA) is 82.2 Å². The third-order valence-electron chi connectivity index (χ3n) is 4.69. The van der Waals surface area contributed by atoms with Gasteiger partial charge in [0.15, 0.2) is 5.58 Å². The van der Waals surface area contributed by atoms with E-state index in [9.17, 15) is 18.0 Å². The molecule has 3 heterocycles. The maximum absolute atomic E-state index is 12.9. The van der Waals surface area contributed by atoms with Crippen molar-refractivity contribution in [2.24, 2.45) is 5.92 Å². The van der Waals surface area contributed by atoms with E-state index >= 15 is 0 Å². The number of imidazole rings is 1. The van der Waals surface area contributed by atoms with E-state index in [0.29, 0.717) is 34.8 Å². The molecule has 0 radical (unpaired) electrons. The Balaban J connectivity index is 1.47. The molecule has 2 aromatic heterocycles. The zero-order valence-corrected chi connectivity index (χ0v) is 14.9. The number of oxazole rings is 1. The summed E-state index contributed by atoms with van der Waals surface area (Å²) < 4.78 is 50.5. The van der Waals surface area contributed by atoms with Gasteiger partial charge in [-0.1, -0.05) is 0 Å². The molecule has 1 aliphatic rings. The molecule has 0 fully saturated rings. The summed E-state index contributed by atoms with van der Waals surface area (Å²) in [6, 6.07) is 5.07. The van der Waals surface area contributed by atoms with Gasteiger partial charge in [-0.2, -0.15) is 13.2 Å². The Morgan fingerprint density at radius 1 is 1.43 bits per heavy atom. The number of alkyl halides is 3. The molecule has 148 valence electrons. The Bertz CT molecular complexity index is 1020. The van der Waals surface area contributed by atoms with Gasteiger partial charge in [-0.05, 0) is 24.6 Å². The van der Waals surface area contributed by atoms with E-state index in [-0.39, 0.29) is 25.5 Å². The first-order chi connectivity index (χ1) is 13.3. The third-order valence-corrected chi connectivity index (χ3v) is 4.69. The minimum absolute atomic E-state index is 0.102. The molecule has 0 aliphatic carbocycles. The fraction of sp³-hybridized carbons (Fsp3) is 0.389. The summed E-state index contributed by atoms with van der Waals surface area (Å²) in [6.45, 7) is 0.344. The van der Waals surface area contributed by atoms with Crippen LogP contribution in [-0.4, -0.2) is 27.6 Å². The SMILES string of the molecule is COCc1nc2cc(NC(=O)[C@@H]3CCn4c(cnc4C(F)(F)F)C3)ccc2o1. The van der Waals surface area contributed by atoms with Crippen molar-refractivity contribution < 1.29 is 27.1 Å². The minimum Gasteiger partial charge on any atom is -0.438 e. The van der Waals surface area contributed by atoms with Crippen molar-refractivity contribution in [3.63, 3.8) is 0 Å². The minimum atomic E-state index is -4.50. The molecular weight excluding hydrogens is 377 g/mol. The van der Waals surface area contributed by atoms with Crippen molar-refractivity contribution in [2.75, 3.05) is 12.4 Å². The summed E-state index contributed by atoms with van der Waals surface area (Å²) in [4.78, 5) is 20.4. The monoisotopic (exact) mass is 394 g/mol. The molecule has 1 N–H and O–H groups in total. The first kappa shape index (κ1) is 18.5. The molecule has 1 aliphatic heterocycles. The van der Waals surface area contributed by atoms with Gasteiger partial charge in [-0.3, -0.25) is 4.79 Å². The van der Waals surface area contributed by atoms with Gasteiger partial charge in [-0.25, -0.2) is 9.97 Å². The van der Waals surface area contributed by atoms with Gasteiger partial charge < -0.3 is 19.0 Å². The van der Waals surface area contributed by atoms with Crippen molar-refractivity contribution in [1.82, 2.24) is 14.5 Å². The first-order valence-corrected chi connectivity index (χ1v) is 8.66. The maximum atomic E-state index is 12.9. The van der Waals surface area contributed by atoms with Crippen LogP contribution in [0.4, 0.5) is 18.9 Å². The summed E-state index contributed by atoms with van der Waals surface area (Å²) in [5, 5.41) is 2.81. The number of rotatable bonds is 4. The third kappa shape index (κ3) is 3.47. The zero-order chi connectivity index (χ0) is 19.9. The van der Waals surface area contributed by atoms with E-state index < -0.39 is 17.9 Å². The number of anilines is 1. The van der Waals surface area contributed by atoms with Gasteiger partial charge in [0.1, 0.15) is 12.1 Å². The lowest BCUT2D eigenvalue weighted by Gasteiger charge is -2.24. The number of nitrogens with one attached hydrogen (secondary N) is 1. The number of benzene rings is 1. The van der Waals surface area contributed by atoms with Crippen LogP contribution in [0.1, 0.15) is 23.8 Å². The molecule has 0 saturated heterocycles. The second-order valence-electron chi connectivity index (χ2n) is 6.62. The van der Waals surface area contributed by atoms with E-state index in [4.69, 9.17) is 9.15 Å². The number of nitrogens with zero attached hydrogens (tertiary/aromatic N) is 3. The van der Waals surface area contributed by atoms with Gasteiger partial charge in [0.05, 0.1) is 0 Å². The Morgan fingerprint density at radius 3 is 3.00 bits per heavy atom. The number of carbonyl (C=O) groups excluding carboxylic acids is 1. The fourth-order valence-electron chi connectivity index (χ4n) is 3.40. The van der Waals surface area contributed by atoms with E-state index in [0.717, 1.165) is 4.57 Å². The van der Waals surface area contributed by atoms with Crippen LogP contribution in [0.25, 0.3) is 11.1 Å². The lowest BCUT2D eigenvalue weighted by molar-refractivity contribution is -0.147. The molecule has 1 aromatic carbocycles. The molecular formula is C18H17F3N4O3. The number of hydrogen-bond acceptors (Lipinski definition) is 5. The highest BCUT2D eigenvalue weighted by Crippen LogP contribution is 2.32. The summed E-state index contributed by atoms with van der Waals surface area (Å²) in [6.07, 6.45) is -2.79. The van der Waals surface area contributed by atoms with Crippen molar-refractivity contribution in [3.05, 3.63) is 41.8 Å². The highest BCUT2D eigenvalue weighted by Gasteiger charge is 2.39. The van der Waals surface area contributed by atoms with Gasteiger partial charge in [-0.15, -0.1) is 0 Å². The van der Waals surface area contributed by atoms with Crippen LogP contribution in [0.2, 0.25) is 0 Å². The van der Waals surface area contributed by atoms with Crippen molar-refractivity contribution in [2.45, 2.75) is 32.2 Å². The van der Waals surface area contributed by atoms with Crippen molar-refractivity contribution in [1.29, 1.82) is 0 Å². The number of hydrogen-bond donors (Lipinski definition) is 1. The molecule has 10 heteroatoms. The van der Waals surface area contributed by atoms with Crippen molar-refractivity contribution >= 4 is 22.7 Å². The Morgan fingerprint density at radius 2 is 2.25 bits per heavy atom. The van der Waals surface area contributed by atoms with E-state index in [2.05, 4.69) is 15.3 Å². The van der Waals surface area contributed by atoms with E-state index in [1.165, 1.54) is 13.3 Å². The summed E-state index contributed by atoms with van der Waals surface area (Å²) in [5.74, 6) is -1.16. The molecule has 0 unspecified atom stereocenters. The van der Waals surface area contributed by atoms with E-state index in [1.807, 2.05) is 0 Å². The van der Waals surface area contributed by atoms with Crippen molar-refractivity contribution in [3.8, 4) is 0 Å². The lowest BCUT2D eigenvalue weighted by atomic mass is 9.95. The number of amides is 1. The van der Waals surface area contributed by atoms with Crippen LogP contribution < -0.4 is 5.32 Å². The number of ether oxygens (including phenoxy) is 1. The Hall–Kier alpha value is -2.88. The predicted molar refractivity (Wildman–Crippen MR) is 92.4 cm³/mol. The maximum Gasteiger partial charge on any atom is 0.449 e. The summed E-state index contributed by atoms with van der Waals surface area (Å²) >= 11 is 0. The Labute approximate surface area is 157 Å². The molecule has 0 saturated carbocycles. The number of fused-ring (bicyclic) bond motifs is 2.